The molecule has 0 aliphatic heterocycles. The van der Waals surface area contributed by atoms with Crippen molar-refractivity contribution in [3.05, 3.63) is 48.6 Å². The Bertz CT molecular complexity index is 714. The molecule has 0 saturated carbocycles. The molecule has 0 aromatic rings. The average molecular weight is 659 g/mol. The summed E-state index contributed by atoms with van der Waals surface area (Å²) >= 11 is 0. The van der Waals surface area contributed by atoms with Crippen molar-refractivity contribution in [3.8, 4) is 0 Å². The van der Waals surface area contributed by atoms with Crippen LogP contribution in [0.1, 0.15) is 189 Å². The molecule has 0 atom stereocenters. The van der Waals surface area contributed by atoms with Gasteiger partial charge in [0, 0.05) is 14.0 Å². The zero-order valence-corrected chi connectivity index (χ0v) is 32.0. The Morgan fingerprint density at radius 1 is 0.553 bits per heavy atom. The van der Waals surface area contributed by atoms with Crippen molar-refractivity contribution < 1.29 is 11.0 Å². The second-order valence-corrected chi connectivity index (χ2v) is 13.9. The molecule has 0 spiro atoms. The van der Waals surface area contributed by atoms with Crippen LogP contribution in [0.5, 0.6) is 0 Å². The summed E-state index contributed by atoms with van der Waals surface area (Å²) in [7, 11) is 4.10. The molecule has 0 aromatic carbocycles. The van der Waals surface area contributed by atoms with Crippen LogP contribution in [0.3, 0.4) is 0 Å². The summed E-state index contributed by atoms with van der Waals surface area (Å²) in [6.07, 6.45) is 51.9. The van der Waals surface area contributed by atoms with E-state index in [0.29, 0.717) is 6.61 Å². The standard InChI is InChI=1S/C43H80N2O2.H2/c1-5-7-9-11-13-15-17-19-21-23-25-27-29-31-33-35-38-42(44-43(46)47-41-37-40-45(3)4)39-36-34-32-30-28-26-24-22-20-18-16-14-12-10-8-6-2;/h13-16,19-22,42H,5-12,17-18,23-41H2,1-4H3,(H,44,46);1H/b15-13-,16-14-,21-19-,22-20-;. The Labute approximate surface area is 295 Å². The molecule has 4 nitrogen and oxygen atoms in total. The average Bonchev–Trinajstić information content (AvgIpc) is 3.06. The van der Waals surface area contributed by atoms with Crippen LogP contribution in [0.25, 0.3) is 0 Å². The molecule has 0 aliphatic rings. The monoisotopic (exact) mass is 659 g/mol. The number of nitrogens with one attached hydrogen (secondary N) is 1. The Balaban J connectivity index is 0. The van der Waals surface area contributed by atoms with Crippen LogP contribution in [0.15, 0.2) is 48.6 Å². The maximum Gasteiger partial charge on any atom is 0.407 e. The van der Waals surface area contributed by atoms with Crippen molar-refractivity contribution in [1.82, 2.24) is 10.2 Å². The molecule has 4 heteroatoms. The number of unbranched alkanes of at least 4 members (excludes halogenated alkanes) is 18. The number of allylic oxidation sites excluding steroid dienone is 8. The van der Waals surface area contributed by atoms with Crippen LogP contribution >= 0.6 is 0 Å². The number of carbonyl (C=O) groups is 1. The van der Waals surface area contributed by atoms with Gasteiger partial charge in [0.05, 0.1) is 6.61 Å². The highest BCUT2D eigenvalue weighted by molar-refractivity contribution is 5.67. The predicted octanol–water partition coefficient (Wildman–Crippen LogP) is 13.7. The second kappa shape index (κ2) is 38.6. The summed E-state index contributed by atoms with van der Waals surface area (Å²) < 4.78 is 5.49. The first-order valence-electron chi connectivity index (χ1n) is 20.3. The predicted molar refractivity (Wildman–Crippen MR) is 212 cm³/mol. The largest absolute Gasteiger partial charge is 0.450 e. The van der Waals surface area contributed by atoms with Gasteiger partial charge in [-0.15, -0.1) is 0 Å². The van der Waals surface area contributed by atoms with Gasteiger partial charge in [-0.25, -0.2) is 4.79 Å². The molecule has 0 aromatic heterocycles. The van der Waals surface area contributed by atoms with Crippen molar-refractivity contribution in [3.63, 3.8) is 0 Å². The third kappa shape index (κ3) is 38.5. The van der Waals surface area contributed by atoms with Crippen LogP contribution in [0.4, 0.5) is 4.79 Å². The van der Waals surface area contributed by atoms with Gasteiger partial charge in [0.2, 0.25) is 0 Å². The van der Waals surface area contributed by atoms with Crippen LogP contribution in [0, 0.1) is 0 Å². The smallest absolute Gasteiger partial charge is 0.407 e. The topological polar surface area (TPSA) is 41.6 Å². The normalized spacial score (nSPS) is 12.3. The van der Waals surface area contributed by atoms with Gasteiger partial charge in [0.25, 0.3) is 0 Å². The third-order valence-electron chi connectivity index (χ3n) is 8.81. The molecule has 0 fully saturated rings. The maximum absolute atomic E-state index is 12.5. The highest BCUT2D eigenvalue weighted by Crippen LogP contribution is 2.16. The van der Waals surface area contributed by atoms with Crippen LogP contribution < -0.4 is 5.32 Å². The van der Waals surface area contributed by atoms with E-state index in [1.807, 2.05) is 0 Å². The van der Waals surface area contributed by atoms with Crippen molar-refractivity contribution in [2.75, 3.05) is 27.2 Å². The number of amides is 1. The zero-order valence-electron chi connectivity index (χ0n) is 32.0. The SMILES string of the molecule is CCCCC/C=C\C/C=C\CCCCCCCCC(CCCCCCCC/C=C\C/C=C\CCCCC)NC(=O)OCCCN(C)C.[HH]. The Morgan fingerprint density at radius 2 is 0.936 bits per heavy atom. The molecule has 0 heterocycles. The van der Waals surface area contributed by atoms with E-state index in [1.165, 1.54) is 141 Å². The third-order valence-corrected chi connectivity index (χ3v) is 8.81. The summed E-state index contributed by atoms with van der Waals surface area (Å²) in [5.74, 6) is 0. The fourth-order valence-corrected chi connectivity index (χ4v) is 5.80. The molecule has 0 bridgehead atoms. The van der Waals surface area contributed by atoms with E-state index < -0.39 is 0 Å². The number of alkyl carbamates (subject to hydrolysis) is 1. The minimum absolute atomic E-state index is 0. The fourth-order valence-electron chi connectivity index (χ4n) is 5.80. The molecule has 0 radical (unpaired) electrons. The lowest BCUT2D eigenvalue weighted by Gasteiger charge is -2.19. The van der Waals surface area contributed by atoms with Crippen LogP contribution in [0.2, 0.25) is 0 Å². The van der Waals surface area contributed by atoms with E-state index in [-0.39, 0.29) is 13.6 Å². The fraction of sp³-hybridized carbons (Fsp3) is 0.791. The summed E-state index contributed by atoms with van der Waals surface area (Å²) in [5.41, 5.74) is 0. The summed E-state index contributed by atoms with van der Waals surface area (Å²) in [6.45, 7) is 5.95. The second-order valence-electron chi connectivity index (χ2n) is 13.9. The van der Waals surface area contributed by atoms with Gasteiger partial charge >= 0.3 is 6.09 Å². The lowest BCUT2D eigenvalue weighted by atomic mass is 10.00. The van der Waals surface area contributed by atoms with E-state index in [1.54, 1.807) is 0 Å². The van der Waals surface area contributed by atoms with E-state index in [0.717, 1.165) is 38.6 Å². The number of hydrogen-bond donors (Lipinski definition) is 1. The van der Waals surface area contributed by atoms with Gasteiger partial charge in [0.1, 0.15) is 0 Å². The van der Waals surface area contributed by atoms with Gasteiger partial charge in [-0.1, -0.05) is 152 Å². The lowest BCUT2D eigenvalue weighted by Crippen LogP contribution is -2.35. The Hall–Kier alpha value is -1.81. The van der Waals surface area contributed by atoms with Crippen LogP contribution in [-0.4, -0.2) is 44.3 Å². The Morgan fingerprint density at radius 3 is 1.34 bits per heavy atom. The number of hydrogen-bond acceptors (Lipinski definition) is 3. The number of rotatable bonds is 35. The first-order chi connectivity index (χ1) is 23.1. The summed E-state index contributed by atoms with van der Waals surface area (Å²) in [4.78, 5) is 14.6. The van der Waals surface area contributed by atoms with E-state index >= 15 is 0 Å². The quantitative estimate of drug-likeness (QED) is 0.0544. The van der Waals surface area contributed by atoms with Gasteiger partial charge in [-0.3, -0.25) is 0 Å². The van der Waals surface area contributed by atoms with E-state index in [9.17, 15) is 4.79 Å². The van der Waals surface area contributed by atoms with E-state index in [2.05, 4.69) is 86.8 Å². The van der Waals surface area contributed by atoms with Crippen molar-refractivity contribution >= 4 is 6.09 Å². The minimum Gasteiger partial charge on any atom is -0.450 e. The molecule has 276 valence electrons. The molecule has 47 heavy (non-hydrogen) atoms. The number of carbonyl (C=O) groups excluding carboxylic acids is 1. The first kappa shape index (κ1) is 45.2. The van der Waals surface area contributed by atoms with E-state index in [4.69, 9.17) is 4.74 Å². The molecule has 0 aliphatic carbocycles. The zero-order chi connectivity index (χ0) is 34.3. The minimum atomic E-state index is -0.228. The summed E-state index contributed by atoms with van der Waals surface area (Å²) in [6, 6.07) is 0.244. The molecule has 0 unspecified atom stereocenters. The Kier molecular flexibility index (Phi) is 37.1. The van der Waals surface area contributed by atoms with Gasteiger partial charge in [-0.05, 0) is 97.6 Å². The van der Waals surface area contributed by atoms with Gasteiger partial charge < -0.3 is 15.0 Å². The molecule has 0 saturated heterocycles. The molecular weight excluding hydrogens is 576 g/mol. The van der Waals surface area contributed by atoms with Crippen molar-refractivity contribution in [2.24, 2.45) is 0 Å². The van der Waals surface area contributed by atoms with Crippen molar-refractivity contribution in [2.45, 2.75) is 193 Å². The molecule has 1 amide bonds. The van der Waals surface area contributed by atoms with Gasteiger partial charge in [0.15, 0.2) is 0 Å². The molecule has 0 rings (SSSR count). The maximum atomic E-state index is 12.5. The highest BCUT2D eigenvalue weighted by Gasteiger charge is 2.13. The summed E-state index contributed by atoms with van der Waals surface area (Å²) in [5, 5.41) is 3.21. The molecular formula is C43H82N2O2. The number of nitrogens with zero attached hydrogens (tertiary/aromatic N) is 1. The first-order valence-corrected chi connectivity index (χ1v) is 20.3. The van der Waals surface area contributed by atoms with Crippen LogP contribution in [-0.2, 0) is 4.74 Å². The number of ether oxygens (including phenoxy) is 1. The molecule has 1 N–H and O–H groups in total. The highest BCUT2D eigenvalue weighted by atomic mass is 16.5. The lowest BCUT2D eigenvalue weighted by molar-refractivity contribution is 0.136. The van der Waals surface area contributed by atoms with Crippen molar-refractivity contribution in [1.29, 1.82) is 0 Å². The van der Waals surface area contributed by atoms with Gasteiger partial charge in [-0.2, -0.15) is 0 Å².